The molecule has 2 aliphatic heterocycles. The van der Waals surface area contributed by atoms with Gasteiger partial charge in [0.2, 0.25) is 5.91 Å². The van der Waals surface area contributed by atoms with Gasteiger partial charge in [-0.15, -0.1) is 0 Å². The van der Waals surface area contributed by atoms with E-state index in [9.17, 15) is 10.1 Å². The highest BCUT2D eigenvalue weighted by Gasteiger charge is 2.57. The number of carbonyl (C=O) groups is 1. The smallest absolute Gasteiger partial charge is 0.229 e. The highest BCUT2D eigenvalue weighted by Crippen LogP contribution is 2.56. The highest BCUT2D eigenvalue weighted by atomic mass is 16.5. The van der Waals surface area contributed by atoms with E-state index in [0.29, 0.717) is 23.8 Å². The lowest BCUT2D eigenvalue weighted by Crippen LogP contribution is -2.39. The Labute approximate surface area is 129 Å². The summed E-state index contributed by atoms with van der Waals surface area (Å²) in [7, 11) is 0. The molecule has 1 saturated heterocycles. The molecule has 3 heterocycles. The Balaban J connectivity index is 1.71. The molecule has 0 unspecified atom stereocenters. The fourth-order valence-corrected chi connectivity index (χ4v) is 3.94. The van der Waals surface area contributed by atoms with Gasteiger partial charge < -0.3 is 9.64 Å². The molecule has 4 rings (SSSR count). The van der Waals surface area contributed by atoms with E-state index in [1.165, 1.54) is 6.20 Å². The summed E-state index contributed by atoms with van der Waals surface area (Å²) < 4.78 is 5.96. The summed E-state index contributed by atoms with van der Waals surface area (Å²) >= 11 is 0. The van der Waals surface area contributed by atoms with Gasteiger partial charge in [-0.2, -0.15) is 5.26 Å². The van der Waals surface area contributed by atoms with Crippen molar-refractivity contribution in [1.82, 2.24) is 9.88 Å². The van der Waals surface area contributed by atoms with Gasteiger partial charge in [0.1, 0.15) is 23.5 Å². The Morgan fingerprint density at radius 1 is 1.50 bits per heavy atom. The molecular weight excluding hydrogens is 278 g/mol. The lowest BCUT2D eigenvalue weighted by Gasteiger charge is -2.30. The SMILES string of the molecule is CC(C)C1(C(=O)N2C[C@@H]3C[C@H]2c2cncc(C#N)c2O3)CC1. The van der Waals surface area contributed by atoms with Crippen LogP contribution in [0.2, 0.25) is 0 Å². The van der Waals surface area contributed by atoms with Gasteiger partial charge in [0.05, 0.1) is 18.0 Å². The number of rotatable bonds is 2. The summed E-state index contributed by atoms with van der Waals surface area (Å²) in [6, 6.07) is 2.15. The normalized spacial score (nSPS) is 27.1. The number of ether oxygens (including phenoxy) is 1. The maximum absolute atomic E-state index is 13.1. The number of hydrogen-bond acceptors (Lipinski definition) is 4. The predicted molar refractivity (Wildman–Crippen MR) is 78.9 cm³/mol. The first-order chi connectivity index (χ1) is 10.6. The number of hydrogen-bond donors (Lipinski definition) is 0. The first-order valence-corrected chi connectivity index (χ1v) is 7.92. The molecule has 1 aromatic heterocycles. The van der Waals surface area contributed by atoms with E-state index >= 15 is 0 Å². The molecule has 1 amide bonds. The number of aromatic nitrogens is 1. The molecule has 22 heavy (non-hydrogen) atoms. The molecule has 5 nitrogen and oxygen atoms in total. The van der Waals surface area contributed by atoms with E-state index in [4.69, 9.17) is 4.74 Å². The van der Waals surface area contributed by atoms with Gasteiger partial charge >= 0.3 is 0 Å². The highest BCUT2D eigenvalue weighted by molar-refractivity contribution is 5.86. The van der Waals surface area contributed by atoms with Crippen molar-refractivity contribution in [2.24, 2.45) is 11.3 Å². The van der Waals surface area contributed by atoms with Crippen molar-refractivity contribution in [3.63, 3.8) is 0 Å². The van der Waals surface area contributed by atoms with Gasteiger partial charge in [-0.3, -0.25) is 9.78 Å². The third-order valence-corrected chi connectivity index (χ3v) is 5.53. The van der Waals surface area contributed by atoms with Crippen LogP contribution in [0.3, 0.4) is 0 Å². The lowest BCUT2D eigenvalue weighted by molar-refractivity contribution is -0.139. The molecule has 0 N–H and O–H groups in total. The summed E-state index contributed by atoms with van der Waals surface area (Å²) in [5, 5.41) is 9.22. The summed E-state index contributed by atoms with van der Waals surface area (Å²) in [5.41, 5.74) is 1.19. The van der Waals surface area contributed by atoms with E-state index in [2.05, 4.69) is 24.9 Å². The molecule has 114 valence electrons. The number of likely N-dealkylation sites (tertiary alicyclic amines) is 1. The topological polar surface area (TPSA) is 66.2 Å². The van der Waals surface area contributed by atoms with Crippen molar-refractivity contribution < 1.29 is 9.53 Å². The second-order valence-corrected chi connectivity index (χ2v) is 6.98. The maximum Gasteiger partial charge on any atom is 0.229 e. The van der Waals surface area contributed by atoms with Crippen LogP contribution in [-0.4, -0.2) is 28.4 Å². The third kappa shape index (κ3) is 1.70. The minimum Gasteiger partial charge on any atom is -0.487 e. The van der Waals surface area contributed by atoms with E-state index < -0.39 is 0 Å². The minimum absolute atomic E-state index is 0.00101. The monoisotopic (exact) mass is 297 g/mol. The number of nitrogens with zero attached hydrogens (tertiary/aromatic N) is 3. The molecule has 2 fully saturated rings. The van der Waals surface area contributed by atoms with Gasteiger partial charge in [0, 0.05) is 24.4 Å². The molecular formula is C17H19N3O2. The molecule has 1 aliphatic carbocycles. The molecule has 0 spiro atoms. The molecule has 3 aliphatic rings. The Morgan fingerprint density at radius 2 is 2.27 bits per heavy atom. The van der Waals surface area contributed by atoms with Gasteiger partial charge in [-0.05, 0) is 18.8 Å². The first kappa shape index (κ1) is 13.6. The fourth-order valence-electron chi connectivity index (χ4n) is 3.94. The summed E-state index contributed by atoms with van der Waals surface area (Å²) in [6.07, 6.45) is 6.06. The predicted octanol–water partition coefficient (Wildman–Crippen LogP) is 2.42. The summed E-state index contributed by atoms with van der Waals surface area (Å²) in [5.74, 6) is 1.25. The molecule has 0 aromatic carbocycles. The first-order valence-electron chi connectivity index (χ1n) is 7.92. The maximum atomic E-state index is 13.1. The van der Waals surface area contributed by atoms with Crippen molar-refractivity contribution in [1.29, 1.82) is 5.26 Å². The zero-order valence-corrected chi connectivity index (χ0v) is 12.9. The molecule has 1 saturated carbocycles. The van der Waals surface area contributed by atoms with Gasteiger partial charge in [-0.1, -0.05) is 13.8 Å². The zero-order valence-electron chi connectivity index (χ0n) is 12.9. The Bertz CT molecular complexity index is 688. The van der Waals surface area contributed by atoms with Gasteiger partial charge in [0.15, 0.2) is 0 Å². The lowest BCUT2D eigenvalue weighted by atomic mass is 9.90. The minimum atomic E-state index is -0.169. The molecule has 5 heteroatoms. The van der Waals surface area contributed by atoms with Gasteiger partial charge in [0.25, 0.3) is 0 Å². The standard InChI is InChI=1S/C17H19N3O2/c1-10(2)17(3-4-17)16(21)20-9-12-5-14(20)13-8-19-7-11(6-18)15(13)22-12/h7-8,10,12,14H,3-5,9H2,1-2H3/t12-,14-/m0/s1. The Morgan fingerprint density at radius 3 is 2.91 bits per heavy atom. The van der Waals surface area contributed by atoms with Crippen LogP contribution in [0.4, 0.5) is 0 Å². The van der Waals surface area contributed by atoms with Crippen molar-refractivity contribution >= 4 is 5.91 Å². The summed E-state index contributed by atoms with van der Waals surface area (Å²) in [4.78, 5) is 19.2. The number of pyridine rings is 1. The van der Waals surface area contributed by atoms with Crippen LogP contribution < -0.4 is 4.74 Å². The fraction of sp³-hybridized carbons (Fsp3) is 0.588. The van der Waals surface area contributed by atoms with Crippen LogP contribution in [0, 0.1) is 22.7 Å². The Hall–Kier alpha value is -2.09. The Kier molecular flexibility index (Phi) is 2.75. The number of amides is 1. The molecule has 2 bridgehead atoms. The van der Waals surface area contributed by atoms with Crippen molar-refractivity contribution in [3.05, 3.63) is 23.5 Å². The number of fused-ring (bicyclic) bond motifs is 4. The molecule has 0 radical (unpaired) electrons. The summed E-state index contributed by atoms with van der Waals surface area (Å²) in [6.45, 7) is 4.89. The second-order valence-electron chi connectivity index (χ2n) is 6.98. The molecule has 2 atom stereocenters. The zero-order chi connectivity index (χ0) is 15.5. The van der Waals surface area contributed by atoms with Crippen LogP contribution in [0.5, 0.6) is 5.75 Å². The average molecular weight is 297 g/mol. The van der Waals surface area contributed by atoms with Crippen LogP contribution in [-0.2, 0) is 4.79 Å². The van der Waals surface area contributed by atoms with Crippen molar-refractivity contribution in [2.45, 2.75) is 45.3 Å². The van der Waals surface area contributed by atoms with Gasteiger partial charge in [-0.25, -0.2) is 0 Å². The van der Waals surface area contributed by atoms with E-state index in [1.807, 2.05) is 4.90 Å². The average Bonchev–Trinajstić information content (AvgIpc) is 3.26. The van der Waals surface area contributed by atoms with Crippen LogP contribution >= 0.6 is 0 Å². The number of nitriles is 1. The largest absolute Gasteiger partial charge is 0.487 e. The quantitative estimate of drug-likeness (QED) is 0.841. The third-order valence-electron chi connectivity index (χ3n) is 5.53. The van der Waals surface area contributed by atoms with E-state index in [1.54, 1.807) is 6.20 Å². The second kappa shape index (κ2) is 4.45. The van der Waals surface area contributed by atoms with Crippen LogP contribution in [0.25, 0.3) is 0 Å². The van der Waals surface area contributed by atoms with E-state index in [0.717, 1.165) is 24.8 Å². The number of carbonyl (C=O) groups excluding carboxylic acids is 1. The van der Waals surface area contributed by atoms with Crippen LogP contribution in [0.15, 0.2) is 12.4 Å². The van der Waals surface area contributed by atoms with Crippen molar-refractivity contribution in [3.8, 4) is 11.8 Å². The van der Waals surface area contributed by atoms with E-state index in [-0.39, 0.29) is 23.5 Å². The van der Waals surface area contributed by atoms with Crippen LogP contribution in [0.1, 0.15) is 50.3 Å². The molecule has 1 aromatic rings. The van der Waals surface area contributed by atoms with Crippen molar-refractivity contribution in [2.75, 3.05) is 6.54 Å².